The van der Waals surface area contributed by atoms with Crippen LogP contribution < -0.4 is 5.32 Å². The molecule has 4 fully saturated rings. The van der Waals surface area contributed by atoms with Crippen molar-refractivity contribution in [2.24, 2.45) is 5.41 Å². The number of likely N-dealkylation sites (tertiary alicyclic amines) is 2. The lowest BCUT2D eigenvalue weighted by Gasteiger charge is -2.50. The first kappa shape index (κ1) is 17.7. The van der Waals surface area contributed by atoms with Gasteiger partial charge >= 0.3 is 0 Å². The van der Waals surface area contributed by atoms with Gasteiger partial charge in [-0.3, -0.25) is 14.6 Å². The monoisotopic (exact) mass is 367 g/mol. The summed E-state index contributed by atoms with van der Waals surface area (Å²) in [6.45, 7) is 5.28. The molecular formula is C23H33N3O. The van der Waals surface area contributed by atoms with Gasteiger partial charge in [-0.2, -0.15) is 0 Å². The summed E-state index contributed by atoms with van der Waals surface area (Å²) in [5.74, 6) is 0.907. The molecular weight excluding hydrogens is 334 g/mol. The normalized spacial score (nSPS) is 29.0. The molecule has 146 valence electrons. The molecule has 2 saturated heterocycles. The van der Waals surface area contributed by atoms with Crippen LogP contribution in [0.2, 0.25) is 0 Å². The summed E-state index contributed by atoms with van der Waals surface area (Å²) in [7, 11) is 0. The summed E-state index contributed by atoms with van der Waals surface area (Å²) in [6.07, 6.45) is 8.95. The van der Waals surface area contributed by atoms with Crippen molar-refractivity contribution in [3.05, 3.63) is 35.9 Å². The van der Waals surface area contributed by atoms with Crippen LogP contribution in [0.3, 0.4) is 0 Å². The number of benzene rings is 1. The van der Waals surface area contributed by atoms with Crippen molar-refractivity contribution in [1.82, 2.24) is 15.1 Å². The predicted octanol–water partition coefficient (Wildman–Crippen LogP) is 3.00. The lowest BCUT2D eigenvalue weighted by molar-refractivity contribution is -0.123. The SMILES string of the molecule is O=C(CN1CCC2(CC1)CC(c1ccccc1)CN(C1CC1)C2)NC1CC1. The van der Waals surface area contributed by atoms with Gasteiger partial charge in [0.25, 0.3) is 0 Å². The van der Waals surface area contributed by atoms with Crippen LogP contribution >= 0.6 is 0 Å². The van der Waals surface area contributed by atoms with Crippen LogP contribution in [0.4, 0.5) is 0 Å². The molecule has 0 aromatic heterocycles. The van der Waals surface area contributed by atoms with Crippen LogP contribution in [0.15, 0.2) is 30.3 Å². The maximum atomic E-state index is 12.2. The number of carbonyl (C=O) groups is 1. The van der Waals surface area contributed by atoms with Crippen LogP contribution in [-0.2, 0) is 4.79 Å². The van der Waals surface area contributed by atoms with Crippen molar-refractivity contribution in [3.8, 4) is 0 Å². The first-order valence-corrected chi connectivity index (χ1v) is 11.0. The van der Waals surface area contributed by atoms with Crippen molar-refractivity contribution in [2.45, 2.75) is 62.9 Å². The number of nitrogens with zero attached hydrogens (tertiary/aromatic N) is 2. The molecule has 4 heteroatoms. The number of piperidine rings is 2. The lowest BCUT2D eigenvalue weighted by Crippen LogP contribution is -2.53. The second kappa shape index (κ2) is 7.21. The van der Waals surface area contributed by atoms with E-state index in [1.54, 1.807) is 0 Å². The zero-order valence-corrected chi connectivity index (χ0v) is 16.4. The molecule has 4 aliphatic rings. The van der Waals surface area contributed by atoms with Crippen molar-refractivity contribution in [1.29, 1.82) is 0 Å². The first-order chi connectivity index (χ1) is 13.2. The van der Waals surface area contributed by atoms with Gasteiger partial charge in [-0.1, -0.05) is 30.3 Å². The van der Waals surface area contributed by atoms with E-state index >= 15 is 0 Å². The topological polar surface area (TPSA) is 35.6 Å². The van der Waals surface area contributed by atoms with Crippen LogP contribution in [-0.4, -0.2) is 60.5 Å². The highest BCUT2D eigenvalue weighted by atomic mass is 16.2. The van der Waals surface area contributed by atoms with E-state index in [2.05, 4.69) is 45.4 Å². The van der Waals surface area contributed by atoms with Crippen LogP contribution in [0.1, 0.15) is 56.4 Å². The van der Waals surface area contributed by atoms with Gasteiger partial charge in [-0.25, -0.2) is 0 Å². The second-order valence-corrected chi connectivity index (χ2v) is 9.59. The molecule has 1 atom stereocenters. The van der Waals surface area contributed by atoms with E-state index in [0.29, 0.717) is 23.9 Å². The van der Waals surface area contributed by atoms with Crippen molar-refractivity contribution in [2.75, 3.05) is 32.7 Å². The van der Waals surface area contributed by atoms with Gasteiger partial charge in [0, 0.05) is 25.2 Å². The van der Waals surface area contributed by atoms with Crippen molar-refractivity contribution >= 4 is 5.91 Å². The molecule has 1 spiro atoms. The fourth-order valence-electron chi connectivity index (χ4n) is 5.35. The Labute approximate surface area is 163 Å². The molecule has 1 amide bonds. The third-order valence-corrected chi connectivity index (χ3v) is 7.23. The molecule has 2 aliphatic carbocycles. The smallest absolute Gasteiger partial charge is 0.234 e. The Balaban J connectivity index is 1.23. The van der Waals surface area contributed by atoms with Crippen LogP contribution in [0, 0.1) is 5.41 Å². The maximum Gasteiger partial charge on any atom is 0.234 e. The van der Waals surface area contributed by atoms with Gasteiger partial charge in [0.15, 0.2) is 0 Å². The molecule has 1 N–H and O–H groups in total. The Bertz CT molecular complexity index is 659. The number of nitrogens with one attached hydrogen (secondary N) is 1. The Morgan fingerprint density at radius 3 is 2.48 bits per heavy atom. The number of hydrogen-bond donors (Lipinski definition) is 1. The fraction of sp³-hybridized carbons (Fsp3) is 0.696. The van der Waals surface area contributed by atoms with Crippen LogP contribution in [0.5, 0.6) is 0 Å². The predicted molar refractivity (Wildman–Crippen MR) is 108 cm³/mol. The van der Waals surface area contributed by atoms with Gasteiger partial charge in [0.2, 0.25) is 5.91 Å². The van der Waals surface area contributed by atoms with E-state index in [4.69, 9.17) is 0 Å². The zero-order valence-electron chi connectivity index (χ0n) is 16.4. The average Bonchev–Trinajstić information content (AvgIpc) is 3.59. The zero-order chi connectivity index (χ0) is 18.3. The van der Waals surface area contributed by atoms with E-state index < -0.39 is 0 Å². The van der Waals surface area contributed by atoms with Crippen molar-refractivity contribution in [3.63, 3.8) is 0 Å². The highest BCUT2D eigenvalue weighted by Crippen LogP contribution is 2.47. The standard InChI is InChI=1S/C23H33N3O/c27-22(24-20-6-7-20)16-25-12-10-23(11-13-25)14-19(18-4-2-1-3-5-18)15-26(17-23)21-8-9-21/h1-5,19-21H,6-17H2,(H,24,27). The van der Waals surface area contributed by atoms with E-state index in [9.17, 15) is 4.79 Å². The van der Waals surface area contributed by atoms with Gasteiger partial charge < -0.3 is 5.32 Å². The molecule has 5 rings (SSSR count). The molecule has 1 aromatic carbocycles. The molecule has 0 bridgehead atoms. The van der Waals surface area contributed by atoms with Crippen molar-refractivity contribution < 1.29 is 4.79 Å². The Morgan fingerprint density at radius 1 is 1.07 bits per heavy atom. The molecule has 27 heavy (non-hydrogen) atoms. The third-order valence-electron chi connectivity index (χ3n) is 7.23. The molecule has 4 nitrogen and oxygen atoms in total. The average molecular weight is 368 g/mol. The highest BCUT2D eigenvalue weighted by molar-refractivity contribution is 5.78. The highest BCUT2D eigenvalue weighted by Gasteiger charge is 2.45. The third kappa shape index (κ3) is 4.22. The lowest BCUT2D eigenvalue weighted by atomic mass is 9.68. The molecule has 1 aromatic rings. The Hall–Kier alpha value is -1.39. The molecule has 2 aliphatic heterocycles. The second-order valence-electron chi connectivity index (χ2n) is 9.59. The minimum atomic E-state index is 0.235. The minimum absolute atomic E-state index is 0.235. The van der Waals surface area contributed by atoms with Gasteiger partial charge in [-0.05, 0) is 74.9 Å². The minimum Gasteiger partial charge on any atom is -0.352 e. The number of rotatable bonds is 5. The summed E-state index contributed by atoms with van der Waals surface area (Å²) in [5, 5.41) is 3.14. The summed E-state index contributed by atoms with van der Waals surface area (Å²) >= 11 is 0. The van der Waals surface area contributed by atoms with E-state index in [1.807, 2.05) is 0 Å². The summed E-state index contributed by atoms with van der Waals surface area (Å²) < 4.78 is 0. The number of carbonyl (C=O) groups excluding carboxylic acids is 1. The fourth-order valence-corrected chi connectivity index (χ4v) is 5.35. The van der Waals surface area contributed by atoms with Gasteiger partial charge in [0.05, 0.1) is 6.54 Å². The van der Waals surface area contributed by atoms with E-state index in [1.165, 1.54) is 63.6 Å². The van der Waals surface area contributed by atoms with E-state index in [0.717, 1.165) is 19.1 Å². The summed E-state index contributed by atoms with van der Waals surface area (Å²) in [4.78, 5) is 17.3. The first-order valence-electron chi connectivity index (χ1n) is 11.0. The van der Waals surface area contributed by atoms with E-state index in [-0.39, 0.29) is 5.91 Å². The largest absolute Gasteiger partial charge is 0.352 e. The summed E-state index contributed by atoms with van der Waals surface area (Å²) in [6, 6.07) is 12.5. The van der Waals surface area contributed by atoms with Crippen LogP contribution in [0.25, 0.3) is 0 Å². The molecule has 2 saturated carbocycles. The Kier molecular flexibility index (Phi) is 4.73. The number of hydrogen-bond acceptors (Lipinski definition) is 3. The van der Waals surface area contributed by atoms with Gasteiger partial charge in [-0.15, -0.1) is 0 Å². The van der Waals surface area contributed by atoms with Gasteiger partial charge in [0.1, 0.15) is 0 Å². The molecule has 2 heterocycles. The quantitative estimate of drug-likeness (QED) is 0.869. The number of amides is 1. The molecule has 1 unspecified atom stereocenters. The summed E-state index contributed by atoms with van der Waals surface area (Å²) in [5.41, 5.74) is 1.97. The maximum absolute atomic E-state index is 12.2. The molecule has 0 radical (unpaired) electrons. The Morgan fingerprint density at radius 2 is 1.81 bits per heavy atom.